The van der Waals surface area contributed by atoms with Gasteiger partial charge >= 0.3 is 0 Å². The van der Waals surface area contributed by atoms with E-state index in [0.717, 1.165) is 17.4 Å². The van der Waals surface area contributed by atoms with Crippen LogP contribution in [-0.4, -0.2) is 50.5 Å². The molecule has 2 aromatic rings. The topological polar surface area (TPSA) is 86.8 Å². The van der Waals surface area contributed by atoms with E-state index in [1.54, 1.807) is 31.2 Å². The summed E-state index contributed by atoms with van der Waals surface area (Å²) in [6, 6.07) is 13.6. The summed E-state index contributed by atoms with van der Waals surface area (Å²) >= 11 is 5.96. The number of hydrogen-bond acceptors (Lipinski definition) is 4. The zero-order chi connectivity index (χ0) is 24.6. The molecule has 0 spiro atoms. The van der Waals surface area contributed by atoms with Crippen LogP contribution in [0.2, 0.25) is 5.02 Å². The van der Waals surface area contributed by atoms with Crippen LogP contribution in [0, 0.1) is 6.92 Å². The highest BCUT2D eigenvalue weighted by molar-refractivity contribution is 7.92. The third-order valence-corrected chi connectivity index (χ3v) is 6.70. The number of benzene rings is 2. The second-order valence-electron chi connectivity index (χ2n) is 7.99. The van der Waals surface area contributed by atoms with Crippen molar-refractivity contribution in [1.82, 2.24) is 10.2 Å². The number of aryl methyl sites for hydroxylation is 1. The number of nitrogens with zero attached hydrogens (tertiary/aromatic N) is 2. The smallest absolute Gasteiger partial charge is 0.242 e. The summed E-state index contributed by atoms with van der Waals surface area (Å²) in [4.78, 5) is 27.1. The first-order valence-electron chi connectivity index (χ1n) is 10.9. The molecule has 0 aromatic heterocycles. The molecule has 2 aromatic carbocycles. The van der Waals surface area contributed by atoms with Crippen LogP contribution in [0.1, 0.15) is 37.8 Å². The van der Waals surface area contributed by atoms with E-state index in [1.165, 1.54) is 9.21 Å². The van der Waals surface area contributed by atoms with E-state index in [9.17, 15) is 18.0 Å². The summed E-state index contributed by atoms with van der Waals surface area (Å²) in [6.45, 7) is 6.32. The maximum atomic E-state index is 13.1. The molecule has 0 aliphatic carbocycles. The van der Waals surface area contributed by atoms with Gasteiger partial charge in [0.1, 0.15) is 6.04 Å². The van der Waals surface area contributed by atoms with Crippen molar-refractivity contribution in [3.63, 3.8) is 0 Å². The maximum absolute atomic E-state index is 13.1. The Balaban J connectivity index is 2.13. The third kappa shape index (κ3) is 8.05. The first-order chi connectivity index (χ1) is 15.5. The molecule has 9 heteroatoms. The Morgan fingerprint density at radius 1 is 1.06 bits per heavy atom. The second-order valence-corrected chi connectivity index (χ2v) is 10.3. The van der Waals surface area contributed by atoms with Crippen molar-refractivity contribution in [2.45, 2.75) is 46.2 Å². The fraction of sp³-hybridized carbons (Fsp3) is 0.417. The van der Waals surface area contributed by atoms with Gasteiger partial charge in [-0.25, -0.2) is 8.42 Å². The Hall–Kier alpha value is -2.58. The molecule has 1 N–H and O–H groups in total. The molecule has 180 valence electrons. The van der Waals surface area contributed by atoms with Gasteiger partial charge in [-0.3, -0.25) is 13.9 Å². The van der Waals surface area contributed by atoms with Crippen LogP contribution in [-0.2, 0) is 26.2 Å². The number of likely N-dealkylation sites (N-methyl/N-ethyl adjacent to an activating group) is 1. The van der Waals surface area contributed by atoms with Gasteiger partial charge in [-0.15, -0.1) is 0 Å². The van der Waals surface area contributed by atoms with E-state index in [-0.39, 0.29) is 31.3 Å². The average Bonchev–Trinajstić information content (AvgIpc) is 2.76. The Morgan fingerprint density at radius 2 is 1.67 bits per heavy atom. The first kappa shape index (κ1) is 26.7. The minimum atomic E-state index is -3.51. The van der Waals surface area contributed by atoms with Crippen molar-refractivity contribution in [2.24, 2.45) is 0 Å². The van der Waals surface area contributed by atoms with Crippen LogP contribution in [0.4, 0.5) is 5.69 Å². The molecule has 2 amide bonds. The molecule has 0 bridgehead atoms. The first-order valence-corrected chi connectivity index (χ1v) is 13.1. The summed E-state index contributed by atoms with van der Waals surface area (Å²) in [5.74, 6) is -0.460. The van der Waals surface area contributed by atoms with Crippen LogP contribution in [0.5, 0.6) is 0 Å². The largest absolute Gasteiger partial charge is 0.355 e. The Morgan fingerprint density at radius 3 is 2.21 bits per heavy atom. The Bertz CT molecular complexity index is 1040. The summed E-state index contributed by atoms with van der Waals surface area (Å²) in [6.07, 6.45) is 1.58. The number of amides is 2. The predicted molar refractivity (Wildman–Crippen MR) is 133 cm³/mol. The van der Waals surface area contributed by atoms with Gasteiger partial charge in [0, 0.05) is 31.1 Å². The van der Waals surface area contributed by atoms with E-state index >= 15 is 0 Å². The molecular weight excluding hydrogens is 462 g/mol. The highest BCUT2D eigenvalue weighted by Gasteiger charge is 2.26. The molecule has 7 nitrogen and oxygen atoms in total. The van der Waals surface area contributed by atoms with Crippen molar-refractivity contribution in [1.29, 1.82) is 0 Å². The Labute approximate surface area is 201 Å². The fourth-order valence-electron chi connectivity index (χ4n) is 3.41. The molecule has 0 aliphatic heterocycles. The van der Waals surface area contributed by atoms with E-state index in [1.807, 2.05) is 38.1 Å². The van der Waals surface area contributed by atoms with Crippen LogP contribution in [0.15, 0.2) is 48.5 Å². The molecule has 0 radical (unpaired) electrons. The minimum Gasteiger partial charge on any atom is -0.355 e. The van der Waals surface area contributed by atoms with Crippen LogP contribution < -0.4 is 9.62 Å². The standard InChI is InChI=1S/C24H32ClN3O4S/c1-5-26-24(30)19(3)27(17-20-10-12-21(25)13-11-20)23(29)7-6-16-28(33(4,31)32)22-14-8-18(2)9-15-22/h8-15,19H,5-7,16-17H2,1-4H3,(H,26,30)/t19-/m0/s1. The van der Waals surface area contributed by atoms with Crippen LogP contribution >= 0.6 is 11.6 Å². The highest BCUT2D eigenvalue weighted by atomic mass is 35.5. The van der Waals surface area contributed by atoms with Crippen LogP contribution in [0.3, 0.4) is 0 Å². The zero-order valence-electron chi connectivity index (χ0n) is 19.5. The molecule has 0 heterocycles. The monoisotopic (exact) mass is 493 g/mol. The molecule has 0 saturated carbocycles. The highest BCUT2D eigenvalue weighted by Crippen LogP contribution is 2.20. The molecule has 0 aliphatic rings. The number of carbonyl (C=O) groups is 2. The van der Waals surface area contributed by atoms with Crippen molar-refractivity contribution in [2.75, 3.05) is 23.7 Å². The summed E-state index contributed by atoms with van der Waals surface area (Å²) in [7, 11) is -3.51. The average molecular weight is 494 g/mol. The van der Waals surface area contributed by atoms with E-state index < -0.39 is 16.1 Å². The van der Waals surface area contributed by atoms with E-state index in [0.29, 0.717) is 23.7 Å². The van der Waals surface area contributed by atoms with E-state index in [4.69, 9.17) is 11.6 Å². The SMILES string of the molecule is CCNC(=O)[C@H](C)N(Cc1ccc(Cl)cc1)C(=O)CCCN(c1ccc(C)cc1)S(C)(=O)=O. The lowest BCUT2D eigenvalue weighted by molar-refractivity contribution is -0.140. The summed E-state index contributed by atoms with van der Waals surface area (Å²) in [5, 5.41) is 3.34. The van der Waals surface area contributed by atoms with Gasteiger partial charge in [0.25, 0.3) is 0 Å². The predicted octanol–water partition coefficient (Wildman–Crippen LogP) is 3.75. The third-order valence-electron chi connectivity index (χ3n) is 5.26. The normalized spacial score (nSPS) is 12.2. The molecule has 33 heavy (non-hydrogen) atoms. The molecule has 0 unspecified atom stereocenters. The Kier molecular flexibility index (Phi) is 9.73. The molecule has 1 atom stereocenters. The summed E-state index contributed by atoms with van der Waals surface area (Å²) in [5.41, 5.74) is 2.44. The number of nitrogens with one attached hydrogen (secondary N) is 1. The quantitative estimate of drug-likeness (QED) is 0.516. The summed E-state index contributed by atoms with van der Waals surface area (Å²) < 4.78 is 26.0. The molecule has 2 rings (SSSR count). The van der Waals surface area contributed by atoms with Gasteiger partial charge in [-0.2, -0.15) is 0 Å². The number of anilines is 1. The van der Waals surface area contributed by atoms with Crippen molar-refractivity contribution < 1.29 is 18.0 Å². The number of hydrogen-bond donors (Lipinski definition) is 1. The molecule has 0 saturated heterocycles. The lowest BCUT2D eigenvalue weighted by Gasteiger charge is -2.29. The second kappa shape index (κ2) is 12.0. The van der Waals surface area contributed by atoms with Crippen molar-refractivity contribution >= 4 is 39.1 Å². The number of sulfonamides is 1. The van der Waals surface area contributed by atoms with Crippen molar-refractivity contribution in [3.05, 3.63) is 64.7 Å². The van der Waals surface area contributed by atoms with Gasteiger partial charge in [0.05, 0.1) is 11.9 Å². The van der Waals surface area contributed by atoms with Gasteiger partial charge < -0.3 is 10.2 Å². The van der Waals surface area contributed by atoms with Gasteiger partial charge in [0.15, 0.2) is 0 Å². The fourth-order valence-corrected chi connectivity index (χ4v) is 4.50. The van der Waals surface area contributed by atoms with Crippen molar-refractivity contribution in [3.8, 4) is 0 Å². The number of halogens is 1. The zero-order valence-corrected chi connectivity index (χ0v) is 21.1. The number of rotatable bonds is 11. The lowest BCUT2D eigenvalue weighted by Crippen LogP contribution is -2.47. The molecular formula is C24H32ClN3O4S. The number of carbonyl (C=O) groups excluding carboxylic acids is 2. The lowest BCUT2D eigenvalue weighted by atomic mass is 10.1. The van der Waals surface area contributed by atoms with Gasteiger partial charge in [-0.05, 0) is 57.0 Å². The minimum absolute atomic E-state index is 0.106. The van der Waals surface area contributed by atoms with Gasteiger partial charge in [0.2, 0.25) is 21.8 Å². The maximum Gasteiger partial charge on any atom is 0.242 e. The van der Waals surface area contributed by atoms with Gasteiger partial charge in [-0.1, -0.05) is 41.4 Å². The molecule has 0 fully saturated rings. The van der Waals surface area contributed by atoms with E-state index in [2.05, 4.69) is 5.32 Å². The van der Waals surface area contributed by atoms with Crippen LogP contribution in [0.25, 0.3) is 0 Å².